The summed E-state index contributed by atoms with van der Waals surface area (Å²) in [5.74, 6) is 1.40. The maximum Gasteiger partial charge on any atom is 0.149 e. The number of fused-ring (bicyclic) bond motifs is 1. The van der Waals surface area contributed by atoms with Crippen molar-refractivity contribution in [1.82, 2.24) is 9.55 Å². The highest BCUT2D eigenvalue weighted by Gasteiger charge is 2.22. The summed E-state index contributed by atoms with van der Waals surface area (Å²) in [6.07, 6.45) is 1.23. The molecule has 0 aliphatic rings. The van der Waals surface area contributed by atoms with Crippen molar-refractivity contribution in [2.75, 3.05) is 19.1 Å². The molecule has 0 amide bonds. The molecular formula is C14H19ClN2O3S. The molecule has 0 N–H and O–H groups in total. The summed E-state index contributed by atoms with van der Waals surface area (Å²) in [5.41, 5.74) is 1.60. The van der Waals surface area contributed by atoms with Crippen molar-refractivity contribution in [3.8, 4) is 5.75 Å². The number of benzene rings is 1. The van der Waals surface area contributed by atoms with Crippen LogP contribution in [0.2, 0.25) is 0 Å². The summed E-state index contributed by atoms with van der Waals surface area (Å²) < 4.78 is 30.3. The number of methoxy groups -OCH3 is 1. The first-order chi connectivity index (χ1) is 9.73. The van der Waals surface area contributed by atoms with Gasteiger partial charge in [0.1, 0.15) is 21.4 Å². The van der Waals surface area contributed by atoms with E-state index in [1.165, 1.54) is 6.26 Å². The van der Waals surface area contributed by atoms with Crippen LogP contribution in [0.1, 0.15) is 31.1 Å². The Labute approximate surface area is 129 Å². The molecule has 2 aromatic rings. The van der Waals surface area contributed by atoms with E-state index in [9.17, 15) is 8.42 Å². The number of aromatic nitrogens is 2. The smallest absolute Gasteiger partial charge is 0.149 e. The average molecular weight is 331 g/mol. The van der Waals surface area contributed by atoms with E-state index in [-0.39, 0.29) is 17.2 Å². The predicted octanol–water partition coefficient (Wildman–Crippen LogP) is 2.95. The van der Waals surface area contributed by atoms with Crippen LogP contribution in [0.3, 0.4) is 0 Å². The highest BCUT2D eigenvalue weighted by molar-refractivity contribution is 7.90. The number of imidazole rings is 1. The summed E-state index contributed by atoms with van der Waals surface area (Å²) in [5, 5.41) is -0.314. The molecule has 2 unspecified atom stereocenters. The van der Waals surface area contributed by atoms with Crippen molar-refractivity contribution in [2.45, 2.75) is 25.3 Å². The monoisotopic (exact) mass is 330 g/mol. The summed E-state index contributed by atoms with van der Waals surface area (Å²) in [4.78, 5) is 4.52. The predicted molar refractivity (Wildman–Crippen MR) is 85.0 cm³/mol. The molecule has 2 rings (SSSR count). The number of rotatable bonds is 5. The van der Waals surface area contributed by atoms with Crippen molar-refractivity contribution >= 4 is 32.5 Å². The fourth-order valence-electron chi connectivity index (χ4n) is 2.47. The van der Waals surface area contributed by atoms with Gasteiger partial charge in [-0.2, -0.15) is 0 Å². The van der Waals surface area contributed by atoms with Gasteiger partial charge in [-0.25, -0.2) is 13.4 Å². The Kier molecular flexibility index (Phi) is 4.49. The van der Waals surface area contributed by atoms with Gasteiger partial charge < -0.3 is 9.30 Å². The Balaban J connectivity index is 2.64. The maximum absolute atomic E-state index is 11.6. The zero-order valence-corrected chi connectivity index (χ0v) is 14.1. The molecule has 0 radical (unpaired) electrons. The Morgan fingerprint density at radius 1 is 1.38 bits per heavy atom. The molecule has 7 heteroatoms. The van der Waals surface area contributed by atoms with E-state index in [1.807, 2.05) is 36.6 Å². The topological polar surface area (TPSA) is 61.2 Å². The fraction of sp³-hybridized carbons (Fsp3) is 0.500. The first-order valence-electron chi connectivity index (χ1n) is 6.60. The minimum atomic E-state index is -3.10. The molecule has 21 heavy (non-hydrogen) atoms. The van der Waals surface area contributed by atoms with Crippen LogP contribution in [0.15, 0.2) is 18.2 Å². The van der Waals surface area contributed by atoms with Crippen LogP contribution in [0.25, 0.3) is 11.0 Å². The number of nitrogens with zero attached hydrogens (tertiary/aromatic N) is 2. The van der Waals surface area contributed by atoms with Crippen molar-refractivity contribution in [3.63, 3.8) is 0 Å². The van der Waals surface area contributed by atoms with E-state index in [4.69, 9.17) is 16.3 Å². The third kappa shape index (κ3) is 3.49. The van der Waals surface area contributed by atoms with Crippen LogP contribution in [-0.2, 0) is 9.84 Å². The van der Waals surface area contributed by atoms with Crippen LogP contribution >= 0.6 is 11.6 Å². The Hall–Kier alpha value is -1.27. The van der Waals surface area contributed by atoms with Gasteiger partial charge in [0, 0.05) is 18.4 Å². The van der Waals surface area contributed by atoms with Crippen molar-refractivity contribution in [1.29, 1.82) is 0 Å². The van der Waals surface area contributed by atoms with Gasteiger partial charge in [0.2, 0.25) is 0 Å². The highest BCUT2D eigenvalue weighted by Crippen LogP contribution is 2.30. The zero-order chi connectivity index (χ0) is 15.8. The van der Waals surface area contributed by atoms with Gasteiger partial charge in [0.25, 0.3) is 0 Å². The molecule has 1 aromatic carbocycles. The van der Waals surface area contributed by atoms with E-state index in [0.29, 0.717) is 11.6 Å². The second-order valence-electron chi connectivity index (χ2n) is 5.25. The standard InChI is InChI=1S/C14H19ClN2O3S/c1-9(8-21(4,18)19)17-13-7-11(20-3)5-6-12(13)16-14(17)10(2)15/h5-7,9-10H,8H2,1-4H3. The van der Waals surface area contributed by atoms with E-state index in [2.05, 4.69) is 4.98 Å². The molecule has 0 aliphatic carbocycles. The minimum Gasteiger partial charge on any atom is -0.497 e. The number of hydrogen-bond acceptors (Lipinski definition) is 4. The molecule has 0 saturated carbocycles. The van der Waals surface area contributed by atoms with Gasteiger partial charge in [0.15, 0.2) is 0 Å². The summed E-state index contributed by atoms with van der Waals surface area (Å²) >= 11 is 6.20. The summed E-state index contributed by atoms with van der Waals surface area (Å²) in [7, 11) is -1.51. The lowest BCUT2D eigenvalue weighted by Crippen LogP contribution is -2.18. The van der Waals surface area contributed by atoms with Crippen LogP contribution in [0.5, 0.6) is 5.75 Å². The van der Waals surface area contributed by atoms with Crippen molar-refractivity contribution in [2.24, 2.45) is 0 Å². The highest BCUT2D eigenvalue weighted by atomic mass is 35.5. The van der Waals surface area contributed by atoms with Gasteiger partial charge in [-0.05, 0) is 26.0 Å². The average Bonchev–Trinajstić information content (AvgIpc) is 2.74. The van der Waals surface area contributed by atoms with E-state index >= 15 is 0 Å². The second kappa shape index (κ2) is 5.85. The molecule has 5 nitrogen and oxygen atoms in total. The van der Waals surface area contributed by atoms with Gasteiger partial charge >= 0.3 is 0 Å². The number of ether oxygens (including phenoxy) is 1. The van der Waals surface area contributed by atoms with Crippen molar-refractivity contribution < 1.29 is 13.2 Å². The molecule has 2 atom stereocenters. The zero-order valence-electron chi connectivity index (χ0n) is 12.5. The van der Waals surface area contributed by atoms with Crippen molar-refractivity contribution in [3.05, 3.63) is 24.0 Å². The normalized spacial score (nSPS) is 15.1. The lowest BCUT2D eigenvalue weighted by Gasteiger charge is -2.18. The summed E-state index contributed by atoms with van der Waals surface area (Å²) in [6.45, 7) is 3.67. The SMILES string of the molecule is COc1ccc2nc(C(C)Cl)n(C(C)CS(C)(=O)=O)c2c1. The van der Waals surface area contributed by atoms with Crippen LogP contribution in [0, 0.1) is 0 Å². The lowest BCUT2D eigenvalue weighted by molar-refractivity contribution is 0.415. The Morgan fingerprint density at radius 2 is 2.05 bits per heavy atom. The lowest BCUT2D eigenvalue weighted by atomic mass is 10.2. The molecule has 116 valence electrons. The van der Waals surface area contributed by atoms with Gasteiger partial charge in [-0.15, -0.1) is 11.6 Å². The van der Waals surface area contributed by atoms with Crippen LogP contribution in [0.4, 0.5) is 0 Å². The van der Waals surface area contributed by atoms with Gasteiger partial charge in [-0.1, -0.05) is 0 Å². The number of halogens is 1. The molecule has 0 spiro atoms. The van der Waals surface area contributed by atoms with E-state index < -0.39 is 9.84 Å². The number of hydrogen-bond donors (Lipinski definition) is 0. The minimum absolute atomic E-state index is 0.0340. The Bertz CT molecular complexity index is 753. The fourth-order valence-corrected chi connectivity index (χ4v) is 3.65. The van der Waals surface area contributed by atoms with Gasteiger partial charge in [0.05, 0.1) is 29.3 Å². The molecular weight excluding hydrogens is 312 g/mol. The molecule has 0 fully saturated rings. The molecule has 1 aromatic heterocycles. The quantitative estimate of drug-likeness (QED) is 0.791. The van der Waals surface area contributed by atoms with Crippen LogP contribution < -0.4 is 4.74 Å². The number of alkyl halides is 1. The first kappa shape index (κ1) is 16.1. The Morgan fingerprint density at radius 3 is 2.57 bits per heavy atom. The maximum atomic E-state index is 11.6. The third-order valence-corrected chi connectivity index (χ3v) is 4.55. The summed E-state index contributed by atoms with van der Waals surface area (Å²) in [6, 6.07) is 5.27. The first-order valence-corrected chi connectivity index (χ1v) is 9.10. The van der Waals surface area contributed by atoms with Crippen LogP contribution in [-0.4, -0.2) is 37.1 Å². The van der Waals surface area contributed by atoms with E-state index in [0.717, 1.165) is 11.0 Å². The molecule has 0 aliphatic heterocycles. The van der Waals surface area contributed by atoms with E-state index in [1.54, 1.807) is 7.11 Å². The third-order valence-electron chi connectivity index (χ3n) is 3.26. The molecule has 1 heterocycles. The largest absolute Gasteiger partial charge is 0.497 e. The molecule has 0 bridgehead atoms. The second-order valence-corrected chi connectivity index (χ2v) is 8.09. The molecule has 0 saturated heterocycles. The number of sulfone groups is 1. The van der Waals surface area contributed by atoms with Gasteiger partial charge in [-0.3, -0.25) is 0 Å².